The lowest BCUT2D eigenvalue weighted by Crippen LogP contribution is -2.45. The highest BCUT2D eigenvalue weighted by molar-refractivity contribution is 14.1. The molecule has 4 nitrogen and oxygen atoms in total. The van der Waals surface area contributed by atoms with Crippen molar-refractivity contribution >= 4 is 22.6 Å². The lowest BCUT2D eigenvalue weighted by atomic mass is 9.97. The van der Waals surface area contributed by atoms with E-state index in [1.54, 1.807) is 0 Å². The van der Waals surface area contributed by atoms with E-state index >= 15 is 0 Å². The van der Waals surface area contributed by atoms with Gasteiger partial charge in [0.25, 0.3) is 0 Å². The number of nitrogens with one attached hydrogen (secondary N) is 1. The molecular formula is C11H16INO3. The Hall–Kier alpha value is -0.110. The van der Waals surface area contributed by atoms with Gasteiger partial charge in [-0.3, -0.25) is 0 Å². The van der Waals surface area contributed by atoms with E-state index in [2.05, 4.69) is 27.9 Å². The van der Waals surface area contributed by atoms with E-state index in [4.69, 9.17) is 9.15 Å². The van der Waals surface area contributed by atoms with Crippen LogP contribution in [0, 0.1) is 3.77 Å². The van der Waals surface area contributed by atoms with Crippen molar-refractivity contribution in [2.45, 2.75) is 31.6 Å². The summed E-state index contributed by atoms with van der Waals surface area (Å²) in [6.07, 6.45) is 0.591. The molecule has 0 bridgehead atoms. The van der Waals surface area contributed by atoms with Gasteiger partial charge in [0.15, 0.2) is 3.77 Å². The Labute approximate surface area is 108 Å². The summed E-state index contributed by atoms with van der Waals surface area (Å²) in [5.74, 6) is 0.888. The third-order valence-electron chi connectivity index (χ3n) is 3.02. The molecule has 1 saturated heterocycles. The van der Waals surface area contributed by atoms with Crippen molar-refractivity contribution in [2.24, 2.45) is 0 Å². The minimum Gasteiger partial charge on any atom is -0.454 e. The van der Waals surface area contributed by atoms with Crippen LogP contribution in [0.2, 0.25) is 0 Å². The van der Waals surface area contributed by atoms with Crippen LogP contribution in [-0.2, 0) is 11.3 Å². The summed E-state index contributed by atoms with van der Waals surface area (Å²) in [6.45, 7) is 3.71. The minimum absolute atomic E-state index is 0.100. The summed E-state index contributed by atoms with van der Waals surface area (Å²) in [7, 11) is 0. The van der Waals surface area contributed by atoms with E-state index in [1.165, 1.54) is 0 Å². The first-order chi connectivity index (χ1) is 7.60. The number of aliphatic hydroxyl groups is 1. The summed E-state index contributed by atoms with van der Waals surface area (Å²) in [6, 6.07) is 3.86. The van der Waals surface area contributed by atoms with Crippen LogP contribution in [0.5, 0.6) is 0 Å². The fraction of sp³-hybridized carbons (Fsp3) is 0.636. The fourth-order valence-corrected chi connectivity index (χ4v) is 2.31. The molecule has 0 aliphatic carbocycles. The SMILES string of the molecule is CC1OCCC1(O)CNCc1ccc(I)o1. The molecular weight excluding hydrogens is 321 g/mol. The summed E-state index contributed by atoms with van der Waals surface area (Å²) in [5.41, 5.74) is -0.736. The zero-order valence-corrected chi connectivity index (χ0v) is 11.4. The van der Waals surface area contributed by atoms with Crippen molar-refractivity contribution in [3.05, 3.63) is 21.7 Å². The molecule has 0 radical (unpaired) electrons. The van der Waals surface area contributed by atoms with Gasteiger partial charge in [-0.25, -0.2) is 0 Å². The molecule has 2 unspecified atom stereocenters. The van der Waals surface area contributed by atoms with E-state index in [0.717, 1.165) is 9.53 Å². The van der Waals surface area contributed by atoms with E-state index in [-0.39, 0.29) is 6.10 Å². The number of hydrogen-bond donors (Lipinski definition) is 2. The topological polar surface area (TPSA) is 54.6 Å². The maximum absolute atomic E-state index is 10.2. The summed E-state index contributed by atoms with van der Waals surface area (Å²) in [4.78, 5) is 0. The Morgan fingerprint density at radius 3 is 3.00 bits per heavy atom. The van der Waals surface area contributed by atoms with Crippen molar-refractivity contribution in [3.8, 4) is 0 Å². The summed E-state index contributed by atoms with van der Waals surface area (Å²) < 4.78 is 11.7. The molecule has 2 atom stereocenters. The standard InChI is InChI=1S/C11H16INO3/c1-8-11(14,4-5-15-8)7-13-6-9-2-3-10(12)16-9/h2-3,8,13-14H,4-7H2,1H3. The Balaban J connectivity index is 1.79. The van der Waals surface area contributed by atoms with Crippen LogP contribution in [-0.4, -0.2) is 30.0 Å². The van der Waals surface area contributed by atoms with Crippen LogP contribution in [0.3, 0.4) is 0 Å². The molecule has 0 amide bonds. The van der Waals surface area contributed by atoms with Gasteiger partial charge >= 0.3 is 0 Å². The smallest absolute Gasteiger partial charge is 0.164 e. The molecule has 1 aromatic heterocycles. The summed E-state index contributed by atoms with van der Waals surface area (Å²) in [5, 5.41) is 13.4. The van der Waals surface area contributed by atoms with Gasteiger partial charge in [-0.15, -0.1) is 0 Å². The largest absolute Gasteiger partial charge is 0.454 e. The van der Waals surface area contributed by atoms with Gasteiger partial charge in [0.05, 0.1) is 12.6 Å². The van der Waals surface area contributed by atoms with Crippen LogP contribution in [0.4, 0.5) is 0 Å². The van der Waals surface area contributed by atoms with Gasteiger partial charge < -0.3 is 19.6 Å². The third-order valence-corrected chi connectivity index (χ3v) is 3.60. The summed E-state index contributed by atoms with van der Waals surface area (Å²) >= 11 is 2.13. The van der Waals surface area contributed by atoms with Gasteiger partial charge in [-0.1, -0.05) is 0 Å². The van der Waals surface area contributed by atoms with Gasteiger partial charge in [-0.2, -0.15) is 0 Å². The van der Waals surface area contributed by atoms with Crippen LogP contribution >= 0.6 is 22.6 Å². The molecule has 16 heavy (non-hydrogen) atoms. The zero-order valence-electron chi connectivity index (χ0n) is 9.20. The van der Waals surface area contributed by atoms with Crippen molar-refractivity contribution in [1.29, 1.82) is 0 Å². The van der Waals surface area contributed by atoms with Crippen LogP contribution in [0.1, 0.15) is 19.1 Å². The molecule has 2 rings (SSSR count). The van der Waals surface area contributed by atoms with Crippen molar-refractivity contribution in [3.63, 3.8) is 0 Å². The predicted octanol–water partition coefficient (Wildman–Crippen LogP) is 1.51. The Morgan fingerprint density at radius 2 is 2.44 bits per heavy atom. The fourth-order valence-electron chi connectivity index (χ4n) is 1.85. The molecule has 0 aromatic carbocycles. The molecule has 1 fully saturated rings. The monoisotopic (exact) mass is 337 g/mol. The number of furan rings is 1. The molecule has 1 aliphatic rings. The van der Waals surface area contributed by atoms with Crippen molar-refractivity contribution in [1.82, 2.24) is 5.32 Å². The second-order valence-electron chi connectivity index (χ2n) is 4.18. The van der Waals surface area contributed by atoms with Gasteiger partial charge in [-0.05, 0) is 41.6 Å². The third kappa shape index (κ3) is 2.77. The van der Waals surface area contributed by atoms with E-state index < -0.39 is 5.60 Å². The number of ether oxygens (including phenoxy) is 1. The molecule has 0 saturated carbocycles. The first kappa shape index (κ1) is 12.3. The maximum atomic E-state index is 10.2. The molecule has 1 aliphatic heterocycles. The Kier molecular flexibility index (Phi) is 3.89. The second-order valence-corrected chi connectivity index (χ2v) is 5.24. The quantitative estimate of drug-likeness (QED) is 0.818. The average molecular weight is 337 g/mol. The Bertz CT molecular complexity index is 355. The predicted molar refractivity (Wildman–Crippen MR) is 68.1 cm³/mol. The maximum Gasteiger partial charge on any atom is 0.164 e. The zero-order chi connectivity index (χ0) is 11.6. The lowest BCUT2D eigenvalue weighted by molar-refractivity contribution is -0.0265. The first-order valence-electron chi connectivity index (χ1n) is 5.39. The van der Waals surface area contributed by atoms with E-state index in [0.29, 0.717) is 26.1 Å². The van der Waals surface area contributed by atoms with Gasteiger partial charge in [0, 0.05) is 19.6 Å². The number of rotatable bonds is 4. The Morgan fingerprint density at radius 1 is 1.62 bits per heavy atom. The molecule has 0 spiro atoms. The molecule has 1 aromatic rings. The highest BCUT2D eigenvalue weighted by Crippen LogP contribution is 2.24. The van der Waals surface area contributed by atoms with Gasteiger partial charge in [0.2, 0.25) is 0 Å². The van der Waals surface area contributed by atoms with Crippen molar-refractivity contribution < 1.29 is 14.3 Å². The normalized spacial score (nSPS) is 29.8. The van der Waals surface area contributed by atoms with Crippen LogP contribution < -0.4 is 5.32 Å². The number of hydrogen-bond acceptors (Lipinski definition) is 4. The van der Waals surface area contributed by atoms with Crippen LogP contribution in [0.25, 0.3) is 0 Å². The molecule has 90 valence electrons. The number of halogens is 1. The van der Waals surface area contributed by atoms with Crippen molar-refractivity contribution in [2.75, 3.05) is 13.2 Å². The molecule has 2 heterocycles. The highest BCUT2D eigenvalue weighted by atomic mass is 127. The molecule has 2 N–H and O–H groups in total. The lowest BCUT2D eigenvalue weighted by Gasteiger charge is -2.26. The average Bonchev–Trinajstić information content (AvgIpc) is 2.76. The molecule has 5 heteroatoms. The minimum atomic E-state index is -0.736. The van der Waals surface area contributed by atoms with E-state index in [1.807, 2.05) is 19.1 Å². The van der Waals surface area contributed by atoms with E-state index in [9.17, 15) is 5.11 Å². The second kappa shape index (κ2) is 5.03. The highest BCUT2D eigenvalue weighted by Gasteiger charge is 2.38. The van der Waals surface area contributed by atoms with Crippen LogP contribution in [0.15, 0.2) is 16.5 Å². The van der Waals surface area contributed by atoms with Gasteiger partial charge in [0.1, 0.15) is 11.4 Å². The first-order valence-corrected chi connectivity index (χ1v) is 6.47.